The number of Topliss-reactive ketones (excluding diaryl/α,β-unsaturated/α-hetero) is 1. The molecule has 2 unspecified atom stereocenters. The number of nitrogens with zero attached hydrogens (tertiary/aromatic N) is 1. The van der Waals surface area contributed by atoms with E-state index in [0.717, 1.165) is 44.8 Å². The van der Waals surface area contributed by atoms with Crippen molar-refractivity contribution < 1.29 is 4.79 Å². The third-order valence-corrected chi connectivity index (χ3v) is 5.36. The molecule has 114 valence electrons. The zero-order valence-electron chi connectivity index (χ0n) is 13.2. The van der Waals surface area contributed by atoms with Crippen LogP contribution in [0.4, 0.5) is 0 Å². The summed E-state index contributed by atoms with van der Waals surface area (Å²) in [7, 11) is 0. The fourth-order valence-corrected chi connectivity index (χ4v) is 3.99. The second kappa shape index (κ2) is 6.74. The van der Waals surface area contributed by atoms with Gasteiger partial charge in [0.25, 0.3) is 0 Å². The molecule has 0 saturated heterocycles. The Hall–Kier alpha value is -1.15. The SMILES string of the molecule is CCC1CCC(=O)C(CN2CCCc3ccccc3C2)C1. The molecule has 0 N–H and O–H groups in total. The van der Waals surface area contributed by atoms with E-state index in [2.05, 4.69) is 36.1 Å². The van der Waals surface area contributed by atoms with Gasteiger partial charge in [0.15, 0.2) is 0 Å². The Balaban J connectivity index is 1.66. The molecule has 1 saturated carbocycles. The van der Waals surface area contributed by atoms with Gasteiger partial charge in [-0.1, -0.05) is 37.6 Å². The summed E-state index contributed by atoms with van der Waals surface area (Å²) in [5, 5.41) is 0. The quantitative estimate of drug-likeness (QED) is 0.841. The van der Waals surface area contributed by atoms with E-state index in [9.17, 15) is 4.79 Å². The minimum absolute atomic E-state index is 0.286. The fourth-order valence-electron chi connectivity index (χ4n) is 3.99. The molecule has 1 fully saturated rings. The van der Waals surface area contributed by atoms with Crippen molar-refractivity contribution in [2.24, 2.45) is 11.8 Å². The number of aryl methyl sites for hydroxylation is 1. The molecule has 0 bridgehead atoms. The number of hydrogen-bond donors (Lipinski definition) is 0. The van der Waals surface area contributed by atoms with Crippen molar-refractivity contribution in [1.82, 2.24) is 4.90 Å². The van der Waals surface area contributed by atoms with Crippen molar-refractivity contribution in [1.29, 1.82) is 0 Å². The van der Waals surface area contributed by atoms with Gasteiger partial charge < -0.3 is 0 Å². The molecular weight excluding hydrogens is 258 g/mol. The van der Waals surface area contributed by atoms with Crippen LogP contribution in [0.2, 0.25) is 0 Å². The summed E-state index contributed by atoms with van der Waals surface area (Å²) in [6.45, 7) is 5.40. The third-order valence-electron chi connectivity index (χ3n) is 5.36. The Morgan fingerprint density at radius 3 is 2.81 bits per heavy atom. The van der Waals surface area contributed by atoms with Gasteiger partial charge in [-0.3, -0.25) is 9.69 Å². The highest BCUT2D eigenvalue weighted by atomic mass is 16.1. The van der Waals surface area contributed by atoms with E-state index in [1.54, 1.807) is 0 Å². The molecule has 2 nitrogen and oxygen atoms in total. The highest BCUT2D eigenvalue weighted by molar-refractivity contribution is 5.81. The molecule has 0 amide bonds. The Morgan fingerprint density at radius 1 is 1.19 bits per heavy atom. The monoisotopic (exact) mass is 285 g/mol. The van der Waals surface area contributed by atoms with Gasteiger partial charge in [0.05, 0.1) is 0 Å². The number of rotatable bonds is 3. The molecule has 1 aliphatic carbocycles. The van der Waals surface area contributed by atoms with Gasteiger partial charge in [-0.05, 0) is 49.3 Å². The lowest BCUT2D eigenvalue weighted by Gasteiger charge is -2.31. The maximum Gasteiger partial charge on any atom is 0.137 e. The average molecular weight is 285 g/mol. The largest absolute Gasteiger partial charge is 0.299 e. The average Bonchev–Trinajstić information content (AvgIpc) is 2.71. The second-order valence-electron chi connectivity index (χ2n) is 6.82. The van der Waals surface area contributed by atoms with Crippen molar-refractivity contribution >= 4 is 5.78 Å². The first-order valence-electron chi connectivity index (χ1n) is 8.58. The van der Waals surface area contributed by atoms with E-state index in [0.29, 0.717) is 5.78 Å². The molecule has 1 aromatic rings. The highest BCUT2D eigenvalue weighted by Crippen LogP contribution is 2.30. The Morgan fingerprint density at radius 2 is 2.00 bits per heavy atom. The maximum absolute atomic E-state index is 12.2. The minimum atomic E-state index is 0.286. The lowest BCUT2D eigenvalue weighted by molar-refractivity contribution is -0.126. The zero-order chi connectivity index (χ0) is 14.7. The van der Waals surface area contributed by atoms with E-state index in [4.69, 9.17) is 0 Å². The van der Waals surface area contributed by atoms with Crippen molar-refractivity contribution in [3.63, 3.8) is 0 Å². The fraction of sp³-hybridized carbons (Fsp3) is 0.632. The second-order valence-corrected chi connectivity index (χ2v) is 6.82. The van der Waals surface area contributed by atoms with Gasteiger partial charge in [0.1, 0.15) is 5.78 Å². The van der Waals surface area contributed by atoms with Crippen LogP contribution in [0.15, 0.2) is 24.3 Å². The molecule has 1 heterocycles. The minimum Gasteiger partial charge on any atom is -0.299 e. The van der Waals surface area contributed by atoms with Crippen LogP contribution in [-0.4, -0.2) is 23.8 Å². The lowest BCUT2D eigenvalue weighted by atomic mass is 9.79. The molecule has 2 atom stereocenters. The van der Waals surface area contributed by atoms with E-state index < -0.39 is 0 Å². The number of carbonyl (C=O) groups is 1. The van der Waals surface area contributed by atoms with Crippen LogP contribution in [0, 0.1) is 11.8 Å². The summed E-state index contributed by atoms with van der Waals surface area (Å²) >= 11 is 0. The molecule has 2 heteroatoms. The topological polar surface area (TPSA) is 20.3 Å². The first-order valence-corrected chi connectivity index (χ1v) is 8.58. The molecule has 0 radical (unpaired) electrons. The predicted molar refractivity (Wildman–Crippen MR) is 86.2 cm³/mol. The summed E-state index contributed by atoms with van der Waals surface area (Å²) in [5.74, 6) is 1.57. The third kappa shape index (κ3) is 3.55. The standard InChI is InChI=1S/C19H27NO/c1-2-15-9-10-19(21)18(12-15)14-20-11-5-8-16-6-3-4-7-17(16)13-20/h3-4,6-7,15,18H,2,5,8-14H2,1H3. The summed E-state index contributed by atoms with van der Waals surface area (Å²) in [6, 6.07) is 8.80. The van der Waals surface area contributed by atoms with Crippen molar-refractivity contribution in [2.75, 3.05) is 13.1 Å². The van der Waals surface area contributed by atoms with Crippen molar-refractivity contribution in [2.45, 2.75) is 52.0 Å². The van der Waals surface area contributed by atoms with Crippen molar-refractivity contribution in [3.8, 4) is 0 Å². The van der Waals surface area contributed by atoms with Gasteiger partial charge in [0.2, 0.25) is 0 Å². The Bertz CT molecular complexity index is 496. The van der Waals surface area contributed by atoms with E-state index in [-0.39, 0.29) is 5.92 Å². The maximum atomic E-state index is 12.2. The molecule has 1 aromatic carbocycles. The van der Waals surface area contributed by atoms with Crippen LogP contribution < -0.4 is 0 Å². The van der Waals surface area contributed by atoms with Crippen LogP contribution in [0.5, 0.6) is 0 Å². The molecular formula is C19H27NO. The van der Waals surface area contributed by atoms with Crippen LogP contribution >= 0.6 is 0 Å². The van der Waals surface area contributed by atoms with Crippen LogP contribution in [-0.2, 0) is 17.8 Å². The molecule has 3 rings (SSSR count). The van der Waals surface area contributed by atoms with Crippen LogP contribution in [0.25, 0.3) is 0 Å². The first kappa shape index (κ1) is 14.8. The molecule has 0 aromatic heterocycles. The van der Waals surface area contributed by atoms with E-state index in [1.807, 2.05) is 0 Å². The Kier molecular flexibility index (Phi) is 4.74. The van der Waals surface area contributed by atoms with Gasteiger partial charge in [-0.2, -0.15) is 0 Å². The number of benzene rings is 1. The summed E-state index contributed by atoms with van der Waals surface area (Å²) in [5.41, 5.74) is 2.96. The molecule has 1 aliphatic heterocycles. The molecule has 2 aliphatic rings. The Labute approximate surface area is 128 Å². The summed E-state index contributed by atoms with van der Waals surface area (Å²) in [4.78, 5) is 14.8. The first-order chi connectivity index (χ1) is 10.3. The predicted octanol–water partition coefficient (Wildman–Crippen LogP) is 3.83. The van der Waals surface area contributed by atoms with Gasteiger partial charge in [-0.15, -0.1) is 0 Å². The normalized spacial score (nSPS) is 27.2. The number of ketones is 1. The van der Waals surface area contributed by atoms with Gasteiger partial charge >= 0.3 is 0 Å². The number of carbonyl (C=O) groups excluding carboxylic acids is 1. The highest BCUT2D eigenvalue weighted by Gasteiger charge is 2.29. The van der Waals surface area contributed by atoms with Gasteiger partial charge in [-0.25, -0.2) is 0 Å². The summed E-state index contributed by atoms with van der Waals surface area (Å²) < 4.78 is 0. The zero-order valence-corrected chi connectivity index (χ0v) is 13.2. The van der Waals surface area contributed by atoms with Crippen LogP contribution in [0.1, 0.15) is 50.2 Å². The van der Waals surface area contributed by atoms with Crippen molar-refractivity contribution in [3.05, 3.63) is 35.4 Å². The van der Waals surface area contributed by atoms with E-state index in [1.165, 1.54) is 30.4 Å². The number of fused-ring (bicyclic) bond motifs is 1. The smallest absolute Gasteiger partial charge is 0.137 e. The molecule has 21 heavy (non-hydrogen) atoms. The lowest BCUT2D eigenvalue weighted by Crippen LogP contribution is -2.36. The van der Waals surface area contributed by atoms with Crippen LogP contribution in [0.3, 0.4) is 0 Å². The van der Waals surface area contributed by atoms with E-state index >= 15 is 0 Å². The number of hydrogen-bond acceptors (Lipinski definition) is 2. The molecule has 0 spiro atoms. The summed E-state index contributed by atoms with van der Waals surface area (Å²) in [6.07, 6.45) is 6.68. The van der Waals surface area contributed by atoms with Gasteiger partial charge in [0, 0.05) is 25.4 Å².